The highest BCUT2D eigenvalue weighted by atomic mass is 14.4. The molecule has 0 amide bonds. The van der Waals surface area contributed by atoms with Crippen LogP contribution in [0.15, 0.2) is 0 Å². The highest BCUT2D eigenvalue weighted by Gasteiger charge is 2.32. The van der Waals surface area contributed by atoms with Gasteiger partial charge in [-0.05, 0) is 169 Å². The summed E-state index contributed by atoms with van der Waals surface area (Å²) in [6.45, 7) is 14.4. The molecule has 2 aromatic rings. The number of rotatable bonds is 16. The predicted molar refractivity (Wildman–Crippen MR) is 178 cm³/mol. The largest absolute Gasteiger partial charge is 0.0654 e. The lowest BCUT2D eigenvalue weighted by Crippen LogP contribution is -2.24. The van der Waals surface area contributed by atoms with Crippen molar-refractivity contribution in [3.05, 3.63) is 66.8 Å². The maximum Gasteiger partial charge on any atom is -0.00142 e. The van der Waals surface area contributed by atoms with Crippen LogP contribution in [-0.2, 0) is 64.2 Å². The molecule has 0 saturated heterocycles. The van der Waals surface area contributed by atoms with Gasteiger partial charge in [0.15, 0.2) is 0 Å². The minimum Gasteiger partial charge on any atom is -0.0654 e. The van der Waals surface area contributed by atoms with Gasteiger partial charge in [-0.3, -0.25) is 0 Å². The second kappa shape index (κ2) is 15.6. The topological polar surface area (TPSA) is 0 Å². The van der Waals surface area contributed by atoms with E-state index in [1.54, 1.807) is 22.3 Å². The standard InChI is InChI=1S/C40H62/c1-7-13-21-31-32(22-14-8-2)36(24-16-10-4)40-28-38-30(20-12-6)34-26-18-17-25-33(34)29(19-11-5)37(38)27-39(40)35(31)23-15-9-3/h7-28H2,1-6H3. The van der Waals surface area contributed by atoms with E-state index < -0.39 is 0 Å². The smallest absolute Gasteiger partial charge is 0.00142 e. The van der Waals surface area contributed by atoms with E-state index in [-0.39, 0.29) is 0 Å². The maximum atomic E-state index is 2.41. The zero-order chi connectivity index (χ0) is 28.5. The molecule has 222 valence electrons. The highest BCUT2D eigenvalue weighted by Crippen LogP contribution is 2.44. The van der Waals surface area contributed by atoms with Crippen LogP contribution in [-0.4, -0.2) is 0 Å². The molecule has 2 aromatic carbocycles. The van der Waals surface area contributed by atoms with Crippen LogP contribution in [0.3, 0.4) is 0 Å². The molecule has 4 rings (SSSR count). The molecule has 0 aromatic heterocycles. The van der Waals surface area contributed by atoms with Crippen molar-refractivity contribution in [3.8, 4) is 0 Å². The first-order valence-electron chi connectivity index (χ1n) is 18.0. The van der Waals surface area contributed by atoms with Crippen LogP contribution in [0.2, 0.25) is 0 Å². The van der Waals surface area contributed by atoms with Gasteiger partial charge in [0.05, 0.1) is 0 Å². The lowest BCUT2D eigenvalue weighted by molar-refractivity contribution is 0.657. The Hall–Kier alpha value is -1.56. The Labute approximate surface area is 249 Å². The molecule has 0 bridgehead atoms. The first-order valence-corrected chi connectivity index (χ1v) is 18.0. The van der Waals surface area contributed by atoms with Crippen LogP contribution in [0.25, 0.3) is 0 Å². The molecular formula is C40H62. The minimum atomic E-state index is 1.23. The molecule has 0 heteroatoms. The Kier molecular flexibility index (Phi) is 12.2. The van der Waals surface area contributed by atoms with E-state index in [4.69, 9.17) is 0 Å². The van der Waals surface area contributed by atoms with Crippen LogP contribution in [0.5, 0.6) is 0 Å². The van der Waals surface area contributed by atoms with Gasteiger partial charge in [0.25, 0.3) is 0 Å². The quantitative estimate of drug-likeness (QED) is 0.169. The van der Waals surface area contributed by atoms with Gasteiger partial charge in [0.2, 0.25) is 0 Å². The van der Waals surface area contributed by atoms with Crippen LogP contribution < -0.4 is 0 Å². The first kappa shape index (κ1) is 31.4. The zero-order valence-corrected chi connectivity index (χ0v) is 27.6. The third-order valence-corrected chi connectivity index (χ3v) is 10.3. The summed E-state index contributed by atoms with van der Waals surface area (Å²) in [6, 6.07) is 0. The summed E-state index contributed by atoms with van der Waals surface area (Å²) >= 11 is 0. The number of benzene rings is 2. The fourth-order valence-electron chi connectivity index (χ4n) is 8.32. The number of fused-ring (bicyclic) bond motifs is 3. The first-order chi connectivity index (χ1) is 19.6. The van der Waals surface area contributed by atoms with Gasteiger partial charge in [-0.2, -0.15) is 0 Å². The molecule has 0 aliphatic heterocycles. The van der Waals surface area contributed by atoms with Crippen LogP contribution >= 0.6 is 0 Å². The number of unbranched alkanes of at least 4 members (excludes halogenated alkanes) is 4. The van der Waals surface area contributed by atoms with Crippen molar-refractivity contribution in [2.45, 2.75) is 183 Å². The molecule has 40 heavy (non-hydrogen) atoms. The summed E-state index contributed by atoms with van der Waals surface area (Å²) in [5.74, 6) is 0. The van der Waals surface area contributed by atoms with E-state index in [1.165, 1.54) is 141 Å². The SMILES string of the molecule is CCCCc1c(CCCC)c(CCCC)c2c(c1CCCC)Cc1c(CCC)c3c(c(CCC)c1C2)CCCC3. The lowest BCUT2D eigenvalue weighted by atomic mass is 9.69. The molecule has 0 saturated carbocycles. The van der Waals surface area contributed by atoms with E-state index >= 15 is 0 Å². The Morgan fingerprint density at radius 2 is 0.650 bits per heavy atom. The summed E-state index contributed by atoms with van der Waals surface area (Å²) in [5, 5.41) is 0. The molecule has 2 aliphatic rings. The van der Waals surface area contributed by atoms with E-state index in [1.807, 2.05) is 44.5 Å². The van der Waals surface area contributed by atoms with Gasteiger partial charge in [-0.25, -0.2) is 0 Å². The Morgan fingerprint density at radius 3 is 0.975 bits per heavy atom. The fourth-order valence-corrected chi connectivity index (χ4v) is 8.32. The summed E-state index contributed by atoms with van der Waals surface area (Å²) in [6.07, 6.45) is 28.9. The summed E-state index contributed by atoms with van der Waals surface area (Å²) in [5.41, 5.74) is 21.7. The van der Waals surface area contributed by atoms with E-state index in [2.05, 4.69) is 41.5 Å². The average molecular weight is 543 g/mol. The molecule has 0 nitrogen and oxygen atoms in total. The summed E-state index contributed by atoms with van der Waals surface area (Å²) in [4.78, 5) is 0. The summed E-state index contributed by atoms with van der Waals surface area (Å²) in [7, 11) is 0. The van der Waals surface area contributed by atoms with Gasteiger partial charge < -0.3 is 0 Å². The van der Waals surface area contributed by atoms with Crippen molar-refractivity contribution in [1.82, 2.24) is 0 Å². The molecule has 0 heterocycles. The number of hydrogen-bond acceptors (Lipinski definition) is 0. The van der Waals surface area contributed by atoms with Crippen LogP contribution in [0, 0.1) is 0 Å². The highest BCUT2D eigenvalue weighted by molar-refractivity contribution is 5.63. The molecule has 2 aliphatic carbocycles. The van der Waals surface area contributed by atoms with Gasteiger partial charge in [-0.1, -0.05) is 80.1 Å². The fraction of sp³-hybridized carbons (Fsp3) is 0.700. The number of hydrogen-bond donors (Lipinski definition) is 0. The normalized spacial score (nSPS) is 14.2. The molecule has 0 unspecified atom stereocenters. The molecular weight excluding hydrogens is 480 g/mol. The van der Waals surface area contributed by atoms with Crippen molar-refractivity contribution in [3.63, 3.8) is 0 Å². The van der Waals surface area contributed by atoms with Gasteiger partial charge in [0.1, 0.15) is 0 Å². The summed E-state index contributed by atoms with van der Waals surface area (Å²) < 4.78 is 0. The van der Waals surface area contributed by atoms with Crippen LogP contribution in [0.1, 0.15) is 185 Å². The average Bonchev–Trinajstić information content (AvgIpc) is 2.98. The van der Waals surface area contributed by atoms with Gasteiger partial charge >= 0.3 is 0 Å². The van der Waals surface area contributed by atoms with Crippen LogP contribution in [0.4, 0.5) is 0 Å². The second-order valence-corrected chi connectivity index (χ2v) is 13.2. The zero-order valence-electron chi connectivity index (χ0n) is 27.6. The van der Waals surface area contributed by atoms with E-state index in [0.717, 1.165) is 0 Å². The van der Waals surface area contributed by atoms with Crippen molar-refractivity contribution in [2.24, 2.45) is 0 Å². The van der Waals surface area contributed by atoms with E-state index in [0.29, 0.717) is 0 Å². The Morgan fingerprint density at radius 1 is 0.325 bits per heavy atom. The Balaban J connectivity index is 2.01. The predicted octanol–water partition coefficient (Wildman–Crippen LogP) is 11.3. The third kappa shape index (κ3) is 6.57. The lowest BCUT2D eigenvalue weighted by Gasteiger charge is -2.36. The Bertz CT molecular complexity index is 1030. The molecule has 0 fully saturated rings. The molecule has 0 N–H and O–H groups in total. The third-order valence-electron chi connectivity index (χ3n) is 10.3. The molecule has 0 atom stereocenters. The van der Waals surface area contributed by atoms with Gasteiger partial charge in [0, 0.05) is 0 Å². The van der Waals surface area contributed by atoms with E-state index in [9.17, 15) is 0 Å². The van der Waals surface area contributed by atoms with Crippen molar-refractivity contribution in [2.75, 3.05) is 0 Å². The van der Waals surface area contributed by atoms with Crippen molar-refractivity contribution in [1.29, 1.82) is 0 Å². The van der Waals surface area contributed by atoms with Crippen molar-refractivity contribution < 1.29 is 0 Å². The second-order valence-electron chi connectivity index (χ2n) is 13.2. The van der Waals surface area contributed by atoms with Gasteiger partial charge in [-0.15, -0.1) is 0 Å². The molecule has 0 radical (unpaired) electrons. The monoisotopic (exact) mass is 542 g/mol. The van der Waals surface area contributed by atoms with Crippen molar-refractivity contribution >= 4 is 0 Å². The minimum absolute atomic E-state index is 1.23. The maximum absolute atomic E-state index is 2.41. The molecule has 0 spiro atoms.